The number of benzene rings is 8. The molecule has 0 unspecified atom stereocenters. The second-order valence-electron chi connectivity index (χ2n) is 13.8. The Morgan fingerprint density at radius 1 is 0.544 bits per heavy atom. The summed E-state index contributed by atoms with van der Waals surface area (Å²) < 4.78 is 10.9. The average Bonchev–Trinajstić information content (AvgIpc) is 3.93. The molecule has 0 radical (unpaired) electrons. The molecule has 0 aliphatic carbocycles. The van der Waals surface area contributed by atoms with Crippen LogP contribution in [0.2, 0.25) is 0 Å². The molecule has 11 rings (SSSR count). The summed E-state index contributed by atoms with van der Waals surface area (Å²) >= 11 is 1.88. The number of aromatic nitrogens is 1. The van der Waals surface area contributed by atoms with Gasteiger partial charge in [0.05, 0.1) is 11.0 Å². The SMILES string of the molecule is CC.Cn1c2c(-c3ccc4c(c3)sc3ccccc34)cccc2c2ccc3ccccc3c21.N=C(N=C(N)c1ccccc1)c1ccc2c(c1)oc1ccccc12. The highest BCUT2D eigenvalue weighted by atomic mass is 32.1. The third-order valence-electron chi connectivity index (χ3n) is 10.5. The van der Waals surface area contributed by atoms with Gasteiger partial charge in [0, 0.05) is 70.8 Å². The van der Waals surface area contributed by atoms with Crippen molar-refractivity contribution in [2.24, 2.45) is 17.8 Å². The topological polar surface area (TPSA) is 80.3 Å². The summed E-state index contributed by atoms with van der Waals surface area (Å²) in [5.41, 5.74) is 14.2. The van der Waals surface area contributed by atoms with Crippen LogP contribution in [0.15, 0.2) is 179 Å². The number of furan rings is 1. The van der Waals surface area contributed by atoms with Gasteiger partial charge < -0.3 is 14.7 Å². The third-order valence-corrected chi connectivity index (χ3v) is 11.7. The van der Waals surface area contributed by atoms with Crippen LogP contribution in [-0.2, 0) is 7.05 Å². The van der Waals surface area contributed by atoms with Crippen molar-refractivity contribution in [1.29, 1.82) is 5.41 Å². The molecular formula is C51H40N4OS. The molecule has 0 aliphatic rings. The Labute approximate surface area is 334 Å². The van der Waals surface area contributed by atoms with E-state index >= 15 is 0 Å². The van der Waals surface area contributed by atoms with Gasteiger partial charge in [-0.05, 0) is 41.3 Å². The van der Waals surface area contributed by atoms with E-state index in [1.807, 2.05) is 98.0 Å². The van der Waals surface area contributed by atoms with Crippen LogP contribution in [0.1, 0.15) is 25.0 Å². The average molecular weight is 757 g/mol. The second kappa shape index (κ2) is 14.9. The van der Waals surface area contributed by atoms with Gasteiger partial charge in [-0.3, -0.25) is 5.41 Å². The fourth-order valence-corrected chi connectivity index (χ4v) is 9.07. The molecule has 0 aliphatic heterocycles. The molecule has 3 aromatic heterocycles. The molecule has 5 nitrogen and oxygen atoms in total. The van der Waals surface area contributed by atoms with E-state index < -0.39 is 0 Å². The van der Waals surface area contributed by atoms with E-state index in [2.05, 4.69) is 114 Å². The number of nitrogens with zero attached hydrogens (tertiary/aromatic N) is 2. The van der Waals surface area contributed by atoms with E-state index in [0.717, 1.165) is 27.5 Å². The Bertz CT molecular complexity index is 3310. The number of para-hydroxylation sites is 2. The summed E-state index contributed by atoms with van der Waals surface area (Å²) in [5, 5.41) is 18.2. The fourth-order valence-electron chi connectivity index (χ4n) is 7.93. The fraction of sp³-hybridized carbons (Fsp3) is 0.0588. The van der Waals surface area contributed by atoms with Gasteiger partial charge in [-0.1, -0.05) is 153 Å². The van der Waals surface area contributed by atoms with Crippen LogP contribution in [0.25, 0.3) is 85.8 Å². The molecule has 6 heteroatoms. The highest BCUT2D eigenvalue weighted by Gasteiger charge is 2.16. The first-order valence-electron chi connectivity index (χ1n) is 19.2. The van der Waals surface area contributed by atoms with E-state index in [1.165, 1.54) is 63.9 Å². The number of hydrogen-bond acceptors (Lipinski definition) is 3. The predicted octanol–water partition coefficient (Wildman–Crippen LogP) is 13.9. The molecule has 3 N–H and O–H groups in total. The van der Waals surface area contributed by atoms with Crippen molar-refractivity contribution in [2.75, 3.05) is 0 Å². The molecule has 3 heterocycles. The van der Waals surface area contributed by atoms with Crippen LogP contribution in [0.5, 0.6) is 0 Å². The third kappa shape index (κ3) is 6.30. The normalized spacial score (nSPS) is 11.7. The summed E-state index contributed by atoms with van der Waals surface area (Å²) in [6.45, 7) is 4.00. The standard InChI is InChI=1S/C29H19NS.C20H15N3O.C2H6/c1-30-28-20-8-3-2-7-18(20)13-16-25(28)24-11-6-10-21(29(24)30)19-14-15-23-22-9-4-5-12-26(22)31-27(23)17-19;21-19(13-6-2-1-3-7-13)23-20(22)14-10-11-16-15-8-4-5-9-17(15)24-18(16)12-14;1-2/h2-17H,1H3;1-12H,(H3,21,22,23);1-2H3. The number of hydrogen-bond donors (Lipinski definition) is 2. The van der Waals surface area contributed by atoms with Crippen molar-refractivity contribution in [1.82, 2.24) is 4.57 Å². The summed E-state index contributed by atoms with van der Waals surface area (Å²) in [6.07, 6.45) is 0. The predicted molar refractivity (Wildman–Crippen MR) is 245 cm³/mol. The maximum Gasteiger partial charge on any atom is 0.154 e. The number of thiophene rings is 1. The maximum atomic E-state index is 8.21. The Balaban J connectivity index is 0.000000147. The van der Waals surface area contributed by atoms with Crippen molar-refractivity contribution in [3.63, 3.8) is 0 Å². The molecule has 0 saturated carbocycles. The highest BCUT2D eigenvalue weighted by Crippen LogP contribution is 2.41. The van der Waals surface area contributed by atoms with E-state index in [-0.39, 0.29) is 5.84 Å². The van der Waals surface area contributed by atoms with Gasteiger partial charge in [0.15, 0.2) is 5.84 Å². The van der Waals surface area contributed by atoms with Crippen LogP contribution in [0, 0.1) is 5.41 Å². The zero-order valence-corrected chi connectivity index (χ0v) is 32.8. The summed E-state index contributed by atoms with van der Waals surface area (Å²) in [6, 6.07) is 58.5. The van der Waals surface area contributed by atoms with Crippen LogP contribution in [0.4, 0.5) is 0 Å². The van der Waals surface area contributed by atoms with Gasteiger partial charge in [0.25, 0.3) is 0 Å². The Morgan fingerprint density at radius 2 is 1.18 bits per heavy atom. The van der Waals surface area contributed by atoms with Crippen LogP contribution in [-0.4, -0.2) is 16.2 Å². The molecular weight excluding hydrogens is 717 g/mol. The van der Waals surface area contributed by atoms with Crippen molar-refractivity contribution >= 4 is 97.7 Å². The molecule has 0 amide bonds. The van der Waals surface area contributed by atoms with Gasteiger partial charge in [-0.2, -0.15) is 0 Å². The van der Waals surface area contributed by atoms with E-state index in [0.29, 0.717) is 11.4 Å². The highest BCUT2D eigenvalue weighted by molar-refractivity contribution is 7.25. The lowest BCUT2D eigenvalue weighted by Gasteiger charge is -2.08. The van der Waals surface area contributed by atoms with Crippen molar-refractivity contribution in [3.05, 3.63) is 181 Å². The van der Waals surface area contributed by atoms with E-state index in [9.17, 15) is 0 Å². The van der Waals surface area contributed by atoms with Crippen LogP contribution < -0.4 is 5.73 Å². The lowest BCUT2D eigenvalue weighted by atomic mass is 10.00. The van der Waals surface area contributed by atoms with Gasteiger partial charge in [0.2, 0.25) is 0 Å². The van der Waals surface area contributed by atoms with Crippen LogP contribution in [0.3, 0.4) is 0 Å². The molecule has 57 heavy (non-hydrogen) atoms. The minimum Gasteiger partial charge on any atom is -0.456 e. The zero-order valence-electron chi connectivity index (χ0n) is 32.0. The maximum absolute atomic E-state index is 8.21. The number of nitrogens with one attached hydrogen (secondary N) is 1. The van der Waals surface area contributed by atoms with Crippen LogP contribution >= 0.6 is 11.3 Å². The Hall–Kier alpha value is -7.02. The minimum absolute atomic E-state index is 0.110. The number of aliphatic imine (C=N–C) groups is 1. The molecule has 11 aromatic rings. The molecule has 0 bridgehead atoms. The monoisotopic (exact) mass is 756 g/mol. The number of amidine groups is 2. The largest absolute Gasteiger partial charge is 0.456 e. The van der Waals surface area contributed by atoms with Crippen molar-refractivity contribution in [2.45, 2.75) is 13.8 Å². The molecule has 0 spiro atoms. The lowest BCUT2D eigenvalue weighted by Crippen LogP contribution is -2.15. The number of fused-ring (bicyclic) bond motifs is 11. The van der Waals surface area contributed by atoms with E-state index in [1.54, 1.807) is 0 Å². The van der Waals surface area contributed by atoms with Gasteiger partial charge in [-0.25, -0.2) is 4.99 Å². The second-order valence-corrected chi connectivity index (χ2v) is 14.9. The first kappa shape index (κ1) is 35.7. The summed E-state index contributed by atoms with van der Waals surface area (Å²) in [7, 11) is 2.21. The number of aryl methyl sites for hydroxylation is 1. The van der Waals surface area contributed by atoms with Crippen molar-refractivity contribution in [3.8, 4) is 11.1 Å². The number of rotatable bonds is 3. The lowest BCUT2D eigenvalue weighted by molar-refractivity contribution is 0.669. The molecule has 276 valence electrons. The molecule has 0 atom stereocenters. The Morgan fingerprint density at radius 3 is 2.02 bits per heavy atom. The molecule has 0 saturated heterocycles. The summed E-state index contributed by atoms with van der Waals surface area (Å²) in [4.78, 5) is 4.21. The van der Waals surface area contributed by atoms with E-state index in [4.69, 9.17) is 15.6 Å². The zero-order chi connectivity index (χ0) is 39.0. The van der Waals surface area contributed by atoms with Gasteiger partial charge in [-0.15, -0.1) is 11.3 Å². The minimum atomic E-state index is 0.110. The Kier molecular flexibility index (Phi) is 9.33. The van der Waals surface area contributed by atoms with Gasteiger partial charge >= 0.3 is 0 Å². The smallest absolute Gasteiger partial charge is 0.154 e. The van der Waals surface area contributed by atoms with Gasteiger partial charge in [0.1, 0.15) is 17.0 Å². The summed E-state index contributed by atoms with van der Waals surface area (Å²) in [5.74, 6) is 0.434. The quantitative estimate of drug-likeness (QED) is 0.139. The first-order valence-corrected chi connectivity index (χ1v) is 20.0. The number of nitrogens with two attached hydrogens (primary N) is 1. The van der Waals surface area contributed by atoms with Crippen molar-refractivity contribution < 1.29 is 4.42 Å². The molecule has 0 fully saturated rings. The first-order chi connectivity index (χ1) is 28.0. The molecule has 8 aromatic carbocycles.